The summed E-state index contributed by atoms with van der Waals surface area (Å²) in [5, 5.41) is 0. The summed E-state index contributed by atoms with van der Waals surface area (Å²) in [6.07, 6.45) is 3.05. The van der Waals surface area contributed by atoms with E-state index in [1.165, 1.54) is 16.0 Å². The largest absolute Gasteiger partial charge is 0.497 e. The first kappa shape index (κ1) is 14.5. The van der Waals surface area contributed by atoms with E-state index in [0.717, 1.165) is 12.2 Å². The fourth-order valence-corrected chi connectivity index (χ4v) is 3.02. The van der Waals surface area contributed by atoms with Crippen molar-refractivity contribution < 1.29 is 4.74 Å². The minimum Gasteiger partial charge on any atom is -0.497 e. The lowest BCUT2D eigenvalue weighted by atomic mass is 10.0. The zero-order chi connectivity index (χ0) is 13.7. The van der Waals surface area contributed by atoms with Crippen molar-refractivity contribution in [1.29, 1.82) is 0 Å². The molecule has 0 aromatic heterocycles. The van der Waals surface area contributed by atoms with Gasteiger partial charge in [0, 0.05) is 9.72 Å². The molecule has 0 N–H and O–H groups in total. The fourth-order valence-electron chi connectivity index (χ4n) is 1.94. The summed E-state index contributed by atoms with van der Waals surface area (Å²) in [6.45, 7) is 0. The summed E-state index contributed by atoms with van der Waals surface area (Å²) in [7, 11) is 1.70. The van der Waals surface area contributed by atoms with Crippen LogP contribution < -0.4 is 4.74 Å². The maximum atomic E-state index is 5.25. The molecule has 0 saturated carbocycles. The predicted octanol–water partition coefficient (Wildman–Crippen LogP) is 5.10. The molecule has 0 aliphatic heterocycles. The maximum absolute atomic E-state index is 5.25. The number of methoxy groups -OCH3 is 1. The van der Waals surface area contributed by atoms with Crippen LogP contribution in [-0.2, 0) is 6.42 Å². The van der Waals surface area contributed by atoms with Gasteiger partial charge in [-0.05, 0) is 48.1 Å². The van der Waals surface area contributed by atoms with Gasteiger partial charge in [-0.3, -0.25) is 0 Å². The number of rotatable bonds is 5. The Balaban J connectivity index is 2.08. The summed E-state index contributed by atoms with van der Waals surface area (Å²) >= 11 is 5.53. The van der Waals surface area contributed by atoms with Gasteiger partial charge in [-0.1, -0.05) is 40.2 Å². The van der Waals surface area contributed by atoms with Gasteiger partial charge in [0.25, 0.3) is 0 Å². The third-order valence-corrected chi connectivity index (χ3v) is 4.62. The molecule has 1 nitrogen and oxygen atoms in total. The van der Waals surface area contributed by atoms with Gasteiger partial charge in [-0.15, -0.1) is 11.8 Å². The second-order valence-electron chi connectivity index (χ2n) is 4.30. The second kappa shape index (κ2) is 7.01. The van der Waals surface area contributed by atoms with Crippen molar-refractivity contribution in [2.24, 2.45) is 0 Å². The van der Waals surface area contributed by atoms with Crippen LogP contribution in [-0.4, -0.2) is 13.4 Å². The molecule has 0 heterocycles. The molecule has 1 unspecified atom stereocenters. The highest BCUT2D eigenvalue weighted by molar-refractivity contribution is 9.09. The van der Waals surface area contributed by atoms with Crippen LogP contribution in [0.15, 0.2) is 53.4 Å². The van der Waals surface area contributed by atoms with Crippen LogP contribution in [0.25, 0.3) is 0 Å². The molecule has 0 saturated heterocycles. The van der Waals surface area contributed by atoms with E-state index in [0.29, 0.717) is 4.83 Å². The molecule has 0 spiro atoms. The lowest BCUT2D eigenvalue weighted by molar-refractivity contribution is 0.414. The Bertz CT molecular complexity index is 525. The van der Waals surface area contributed by atoms with Crippen LogP contribution in [0.1, 0.15) is 16.0 Å². The molecule has 2 rings (SSSR count). The zero-order valence-corrected chi connectivity index (χ0v) is 13.5. The average Bonchev–Trinajstić information content (AvgIpc) is 2.47. The van der Waals surface area contributed by atoms with Crippen molar-refractivity contribution in [1.82, 2.24) is 0 Å². The number of hydrogen-bond donors (Lipinski definition) is 0. The molecular weight excluding hydrogens is 320 g/mol. The summed E-state index contributed by atoms with van der Waals surface area (Å²) in [5.74, 6) is 0.912. The summed E-state index contributed by atoms with van der Waals surface area (Å²) in [4.78, 5) is 1.63. The number of alkyl halides is 1. The van der Waals surface area contributed by atoms with Gasteiger partial charge in [0.05, 0.1) is 7.11 Å². The molecule has 1 atom stereocenters. The summed E-state index contributed by atoms with van der Waals surface area (Å²) in [5.41, 5.74) is 2.58. The van der Waals surface area contributed by atoms with Gasteiger partial charge in [-0.25, -0.2) is 0 Å². The molecule has 19 heavy (non-hydrogen) atoms. The Hall–Kier alpha value is -0.930. The Morgan fingerprint density at radius 1 is 1.16 bits per heavy atom. The monoisotopic (exact) mass is 336 g/mol. The van der Waals surface area contributed by atoms with Gasteiger partial charge in [0.1, 0.15) is 5.75 Å². The molecule has 100 valence electrons. The van der Waals surface area contributed by atoms with Crippen LogP contribution in [0.4, 0.5) is 0 Å². The number of thioether (sulfide) groups is 1. The van der Waals surface area contributed by atoms with Crippen molar-refractivity contribution >= 4 is 27.7 Å². The van der Waals surface area contributed by atoms with Crippen molar-refractivity contribution in [3.8, 4) is 5.75 Å². The number of hydrogen-bond acceptors (Lipinski definition) is 2. The smallest absolute Gasteiger partial charge is 0.119 e. The Morgan fingerprint density at radius 2 is 1.89 bits per heavy atom. The standard InChI is InChI=1S/C16H17BrOS/c1-18-14-5-3-4-12(10-14)11-16(17)13-6-8-15(19-2)9-7-13/h3-10,16H,11H2,1-2H3. The minimum atomic E-state index is 0.329. The Kier molecular flexibility index (Phi) is 5.34. The summed E-state index contributed by atoms with van der Waals surface area (Å²) in [6, 6.07) is 16.9. The highest BCUT2D eigenvalue weighted by Gasteiger charge is 2.09. The Labute approximate surface area is 127 Å². The van der Waals surface area contributed by atoms with Crippen molar-refractivity contribution in [3.63, 3.8) is 0 Å². The highest BCUT2D eigenvalue weighted by atomic mass is 79.9. The molecule has 2 aromatic rings. The molecule has 0 amide bonds. The molecule has 0 radical (unpaired) electrons. The van der Waals surface area contributed by atoms with Gasteiger partial charge < -0.3 is 4.74 Å². The normalized spacial score (nSPS) is 12.2. The highest BCUT2D eigenvalue weighted by Crippen LogP contribution is 2.29. The second-order valence-corrected chi connectivity index (χ2v) is 6.28. The van der Waals surface area contributed by atoms with Gasteiger partial charge >= 0.3 is 0 Å². The van der Waals surface area contributed by atoms with Crippen molar-refractivity contribution in [3.05, 3.63) is 59.7 Å². The van der Waals surface area contributed by atoms with E-state index in [9.17, 15) is 0 Å². The molecular formula is C16H17BrOS. The van der Waals surface area contributed by atoms with E-state index in [1.807, 2.05) is 12.1 Å². The lowest BCUT2D eigenvalue weighted by Crippen LogP contribution is -1.96. The first-order valence-corrected chi connectivity index (χ1v) is 8.28. The number of ether oxygens (including phenoxy) is 1. The van der Waals surface area contributed by atoms with Crippen LogP contribution in [0, 0.1) is 0 Å². The molecule has 0 bridgehead atoms. The predicted molar refractivity (Wildman–Crippen MR) is 86.6 cm³/mol. The van der Waals surface area contributed by atoms with Gasteiger partial charge in [0.15, 0.2) is 0 Å². The minimum absolute atomic E-state index is 0.329. The van der Waals surface area contributed by atoms with E-state index >= 15 is 0 Å². The number of halogens is 1. The van der Waals surface area contributed by atoms with E-state index in [2.05, 4.69) is 58.6 Å². The third kappa shape index (κ3) is 4.02. The maximum Gasteiger partial charge on any atom is 0.119 e. The topological polar surface area (TPSA) is 9.23 Å². The van der Waals surface area contributed by atoms with Crippen LogP contribution in [0.3, 0.4) is 0 Å². The number of benzene rings is 2. The van der Waals surface area contributed by atoms with Gasteiger partial charge in [0.2, 0.25) is 0 Å². The quantitative estimate of drug-likeness (QED) is 0.555. The first-order chi connectivity index (χ1) is 9.22. The first-order valence-electron chi connectivity index (χ1n) is 6.14. The van der Waals surface area contributed by atoms with E-state index in [4.69, 9.17) is 4.74 Å². The SMILES string of the molecule is COc1cccc(CC(Br)c2ccc(SC)cc2)c1. The van der Waals surface area contributed by atoms with Gasteiger partial charge in [-0.2, -0.15) is 0 Å². The summed E-state index contributed by atoms with van der Waals surface area (Å²) < 4.78 is 5.25. The Morgan fingerprint density at radius 3 is 2.53 bits per heavy atom. The van der Waals surface area contributed by atoms with E-state index in [-0.39, 0.29) is 0 Å². The van der Waals surface area contributed by atoms with Crippen LogP contribution >= 0.6 is 27.7 Å². The lowest BCUT2D eigenvalue weighted by Gasteiger charge is -2.11. The molecule has 0 fully saturated rings. The average molecular weight is 337 g/mol. The van der Waals surface area contributed by atoms with Crippen LogP contribution in [0.5, 0.6) is 5.75 Å². The van der Waals surface area contributed by atoms with Crippen molar-refractivity contribution in [2.75, 3.05) is 13.4 Å². The van der Waals surface area contributed by atoms with Crippen LogP contribution in [0.2, 0.25) is 0 Å². The molecule has 2 aromatic carbocycles. The third-order valence-electron chi connectivity index (χ3n) is 3.03. The molecule has 0 aliphatic rings. The fraction of sp³-hybridized carbons (Fsp3) is 0.250. The van der Waals surface area contributed by atoms with E-state index in [1.54, 1.807) is 18.9 Å². The van der Waals surface area contributed by atoms with E-state index < -0.39 is 0 Å². The molecule has 3 heteroatoms. The molecule has 0 aliphatic carbocycles. The zero-order valence-electron chi connectivity index (χ0n) is 11.1. The van der Waals surface area contributed by atoms with Crippen molar-refractivity contribution in [2.45, 2.75) is 16.1 Å².